The lowest BCUT2D eigenvalue weighted by atomic mass is 9.98. The number of aromatic nitrogens is 1. The molecule has 0 aliphatic carbocycles. The van der Waals surface area contributed by atoms with E-state index in [2.05, 4.69) is 16.4 Å². The van der Waals surface area contributed by atoms with E-state index in [0.717, 1.165) is 28.8 Å². The number of nitrogens with one attached hydrogen (secondary N) is 2. The van der Waals surface area contributed by atoms with Gasteiger partial charge in [0.25, 0.3) is 0 Å². The predicted molar refractivity (Wildman–Crippen MR) is 99.3 cm³/mol. The summed E-state index contributed by atoms with van der Waals surface area (Å²) in [5.41, 5.74) is 4.00. The van der Waals surface area contributed by atoms with Gasteiger partial charge in [0.15, 0.2) is 0 Å². The maximum absolute atomic E-state index is 10.0. The minimum absolute atomic E-state index is 0.280. The Bertz CT molecular complexity index is 632. The summed E-state index contributed by atoms with van der Waals surface area (Å²) in [6.07, 6.45) is 3.96. The van der Waals surface area contributed by atoms with Crippen molar-refractivity contribution in [3.63, 3.8) is 0 Å². The lowest BCUT2D eigenvalue weighted by molar-refractivity contribution is 0.481. The number of H-pyrrole nitrogens is 1. The SMILES string of the molecule is C/C=C/c1cc2c3c(cc(O)c2[nH]1)NCC3CCl.CC.CC. The number of phenols is 1. The maximum Gasteiger partial charge on any atom is 0.141 e. The number of rotatable bonds is 2. The molecule has 1 aromatic heterocycles. The van der Waals surface area contributed by atoms with Crippen molar-refractivity contribution in [3.05, 3.63) is 29.5 Å². The van der Waals surface area contributed by atoms with E-state index in [1.165, 1.54) is 5.56 Å². The number of hydrogen-bond donors (Lipinski definition) is 3. The van der Waals surface area contributed by atoms with Gasteiger partial charge in [0, 0.05) is 41.2 Å². The second kappa shape index (κ2) is 8.74. The van der Waals surface area contributed by atoms with Gasteiger partial charge in [-0.25, -0.2) is 0 Å². The number of anilines is 1. The Balaban J connectivity index is 0.000000561. The molecule has 0 radical (unpaired) electrons. The number of aromatic hydroxyl groups is 1. The van der Waals surface area contributed by atoms with Gasteiger partial charge in [-0.05, 0) is 24.6 Å². The molecule has 1 aromatic carbocycles. The molecule has 3 nitrogen and oxygen atoms in total. The van der Waals surface area contributed by atoms with Gasteiger partial charge >= 0.3 is 0 Å². The number of benzene rings is 1. The molecule has 0 fully saturated rings. The zero-order chi connectivity index (χ0) is 16.7. The van der Waals surface area contributed by atoms with Crippen LogP contribution in [0.3, 0.4) is 0 Å². The standard InChI is InChI=1S/C14H15ClN2O.2C2H6/c1-2-3-9-4-10-13-8(6-15)7-16-11(13)5-12(18)14(10)17-9;2*1-2/h2-5,8,16-18H,6-7H2,1H3;2*1-2H3/b3-2+;;. The first-order valence-corrected chi connectivity index (χ1v) is 8.59. The Morgan fingerprint density at radius 1 is 1.27 bits per heavy atom. The Kier molecular flexibility index (Phi) is 7.33. The third-order valence-corrected chi connectivity index (χ3v) is 3.81. The molecule has 2 aromatic rings. The smallest absolute Gasteiger partial charge is 0.141 e. The van der Waals surface area contributed by atoms with Crippen LogP contribution in [0.5, 0.6) is 5.75 Å². The van der Waals surface area contributed by atoms with Crippen molar-refractivity contribution >= 4 is 34.3 Å². The van der Waals surface area contributed by atoms with E-state index in [9.17, 15) is 5.11 Å². The number of allylic oxidation sites excluding steroid dienone is 1. The summed E-state index contributed by atoms with van der Waals surface area (Å²) in [4.78, 5) is 3.23. The molecule has 1 unspecified atom stereocenters. The van der Waals surface area contributed by atoms with E-state index in [1.807, 2.05) is 46.8 Å². The topological polar surface area (TPSA) is 48.0 Å². The van der Waals surface area contributed by atoms with Crippen molar-refractivity contribution in [2.75, 3.05) is 17.7 Å². The van der Waals surface area contributed by atoms with E-state index < -0.39 is 0 Å². The number of hydrogen-bond acceptors (Lipinski definition) is 2. The average Bonchev–Trinajstić information content (AvgIpc) is 3.15. The molecule has 3 rings (SSSR count). The lowest BCUT2D eigenvalue weighted by Crippen LogP contribution is -2.02. The van der Waals surface area contributed by atoms with Crippen molar-refractivity contribution in [1.29, 1.82) is 0 Å². The van der Waals surface area contributed by atoms with Gasteiger partial charge in [-0.15, -0.1) is 11.6 Å². The average molecular weight is 323 g/mol. The van der Waals surface area contributed by atoms with Crippen molar-refractivity contribution in [1.82, 2.24) is 4.98 Å². The number of phenolic OH excluding ortho intramolecular Hbond substituents is 1. The highest BCUT2D eigenvalue weighted by atomic mass is 35.5. The van der Waals surface area contributed by atoms with Crippen LogP contribution in [-0.4, -0.2) is 22.5 Å². The number of aromatic amines is 1. The highest BCUT2D eigenvalue weighted by Gasteiger charge is 2.26. The Morgan fingerprint density at radius 2 is 1.95 bits per heavy atom. The number of halogens is 1. The Hall–Kier alpha value is -1.61. The molecule has 0 bridgehead atoms. The highest BCUT2D eigenvalue weighted by Crippen LogP contribution is 2.42. The summed E-state index contributed by atoms with van der Waals surface area (Å²) >= 11 is 6.02. The van der Waals surface area contributed by atoms with Gasteiger partial charge in [-0.3, -0.25) is 0 Å². The lowest BCUT2D eigenvalue weighted by Gasteiger charge is -2.07. The summed E-state index contributed by atoms with van der Waals surface area (Å²) in [7, 11) is 0. The number of alkyl halides is 1. The summed E-state index contributed by atoms with van der Waals surface area (Å²) in [6.45, 7) is 10.8. The van der Waals surface area contributed by atoms with Crippen molar-refractivity contribution < 1.29 is 5.11 Å². The second-order valence-electron chi connectivity index (χ2n) is 4.60. The molecule has 1 aliphatic rings. The van der Waals surface area contributed by atoms with Gasteiger partial charge in [-0.1, -0.05) is 33.8 Å². The molecule has 0 saturated heterocycles. The molecule has 0 saturated carbocycles. The van der Waals surface area contributed by atoms with E-state index in [4.69, 9.17) is 11.6 Å². The second-order valence-corrected chi connectivity index (χ2v) is 4.91. The normalized spacial score (nSPS) is 15.6. The molecule has 22 heavy (non-hydrogen) atoms. The van der Waals surface area contributed by atoms with Crippen LogP contribution in [0, 0.1) is 0 Å². The molecule has 1 atom stereocenters. The van der Waals surface area contributed by atoms with Crippen molar-refractivity contribution in [2.24, 2.45) is 0 Å². The van der Waals surface area contributed by atoms with E-state index in [0.29, 0.717) is 11.8 Å². The van der Waals surface area contributed by atoms with Crippen LogP contribution in [0.4, 0.5) is 5.69 Å². The van der Waals surface area contributed by atoms with Gasteiger partial charge in [0.2, 0.25) is 0 Å². The van der Waals surface area contributed by atoms with Crippen LogP contribution in [0.2, 0.25) is 0 Å². The monoisotopic (exact) mass is 322 g/mol. The fourth-order valence-electron chi connectivity index (χ4n) is 2.64. The fourth-order valence-corrected chi connectivity index (χ4v) is 2.91. The summed E-state index contributed by atoms with van der Waals surface area (Å²) in [5, 5.41) is 14.4. The molecular formula is C18H27ClN2O. The largest absolute Gasteiger partial charge is 0.506 e. The first-order chi connectivity index (χ1) is 10.7. The van der Waals surface area contributed by atoms with Crippen molar-refractivity contribution in [2.45, 2.75) is 40.5 Å². The molecule has 4 heteroatoms. The molecule has 2 heterocycles. The molecule has 0 spiro atoms. The fraction of sp³-hybridized carbons (Fsp3) is 0.444. The summed E-state index contributed by atoms with van der Waals surface area (Å²) in [5.74, 6) is 1.17. The highest BCUT2D eigenvalue weighted by molar-refractivity contribution is 6.18. The molecule has 3 N–H and O–H groups in total. The zero-order valence-electron chi connectivity index (χ0n) is 14.1. The molecular weight excluding hydrogens is 296 g/mol. The first-order valence-electron chi connectivity index (χ1n) is 8.05. The van der Waals surface area contributed by atoms with Crippen LogP contribution in [0.1, 0.15) is 51.8 Å². The third kappa shape index (κ3) is 3.41. The summed E-state index contributed by atoms with van der Waals surface area (Å²) < 4.78 is 0. The number of fused-ring (bicyclic) bond motifs is 3. The van der Waals surface area contributed by atoms with E-state index in [1.54, 1.807) is 6.07 Å². The minimum Gasteiger partial charge on any atom is -0.506 e. The van der Waals surface area contributed by atoms with Crippen LogP contribution in [-0.2, 0) is 0 Å². The molecule has 0 amide bonds. The quantitative estimate of drug-likeness (QED) is 0.620. The minimum atomic E-state index is 0.280. The van der Waals surface area contributed by atoms with Crippen molar-refractivity contribution in [3.8, 4) is 5.75 Å². The van der Waals surface area contributed by atoms with Gasteiger partial charge in [0.05, 0.1) is 5.52 Å². The van der Waals surface area contributed by atoms with Crippen LogP contribution in [0.25, 0.3) is 17.0 Å². The van der Waals surface area contributed by atoms with Gasteiger partial charge in [-0.2, -0.15) is 0 Å². The maximum atomic E-state index is 10.0. The zero-order valence-corrected chi connectivity index (χ0v) is 14.9. The van der Waals surface area contributed by atoms with E-state index in [-0.39, 0.29) is 5.75 Å². The van der Waals surface area contributed by atoms with Crippen LogP contribution in [0.15, 0.2) is 18.2 Å². The van der Waals surface area contributed by atoms with Gasteiger partial charge in [0.1, 0.15) is 5.75 Å². The Morgan fingerprint density at radius 3 is 2.55 bits per heavy atom. The third-order valence-electron chi connectivity index (χ3n) is 3.44. The van der Waals surface area contributed by atoms with Gasteiger partial charge < -0.3 is 15.4 Å². The predicted octanol–water partition coefficient (Wildman–Crippen LogP) is 5.71. The Labute approximate surface area is 138 Å². The molecule has 122 valence electrons. The van der Waals surface area contributed by atoms with Crippen LogP contribution < -0.4 is 5.32 Å². The van der Waals surface area contributed by atoms with Crippen LogP contribution >= 0.6 is 11.6 Å². The summed E-state index contributed by atoms with van der Waals surface area (Å²) in [6, 6.07) is 3.85. The molecule has 1 aliphatic heterocycles. The first kappa shape index (κ1) is 18.4. The van der Waals surface area contributed by atoms with E-state index >= 15 is 0 Å².